The van der Waals surface area contributed by atoms with Crippen LogP contribution in [0.1, 0.15) is 86.0 Å². The maximum Gasteiger partial charge on any atom is 0.108 e. The number of nitrogens with two attached hydrogens (primary N) is 1. The molecule has 2 aromatic heterocycles. The van der Waals surface area contributed by atoms with E-state index >= 15 is 0 Å². The Balaban J connectivity index is 1.51. The van der Waals surface area contributed by atoms with Crippen LogP contribution in [0, 0.1) is 5.92 Å². The van der Waals surface area contributed by atoms with Crippen LogP contribution in [0.2, 0.25) is 0 Å². The second kappa shape index (κ2) is 17.2. The molecule has 41 heavy (non-hydrogen) atoms. The molecule has 0 saturated heterocycles. The molecule has 0 bridgehead atoms. The quantitative estimate of drug-likeness (QED) is 0.187. The molecular formula is C29H55N7O5. The monoisotopic (exact) mass is 581 g/mol. The van der Waals surface area contributed by atoms with Gasteiger partial charge in [-0.15, -0.1) is 5.10 Å². The van der Waals surface area contributed by atoms with E-state index < -0.39 is 0 Å². The molecule has 0 aliphatic rings. The summed E-state index contributed by atoms with van der Waals surface area (Å²) in [4.78, 5) is 0. The van der Waals surface area contributed by atoms with Gasteiger partial charge in [-0.05, 0) is 52.9 Å². The highest BCUT2D eigenvalue weighted by molar-refractivity contribution is 5.07. The third kappa shape index (κ3) is 14.2. The predicted molar refractivity (Wildman–Crippen MR) is 158 cm³/mol. The zero-order valence-corrected chi connectivity index (χ0v) is 26.6. The standard InChI is InChI=1S/C29H55N7O5/c1-23(2)9-10-29(7,8)41-12-11-28(5,6)36-18-25(32-35-36)21-39-14-13-37-19-24(30)20-38-15-16-40-22-27(3,4)26-17-31-34-33-26/h17-18,23-24H,9-16,19-22,30H2,1-8H3,(H,31,33,34). The van der Waals surface area contributed by atoms with Gasteiger partial charge in [0, 0.05) is 12.0 Å². The molecular weight excluding hydrogens is 526 g/mol. The van der Waals surface area contributed by atoms with Gasteiger partial charge in [-0.25, -0.2) is 4.68 Å². The molecule has 2 aromatic rings. The van der Waals surface area contributed by atoms with Crippen molar-refractivity contribution in [2.24, 2.45) is 11.7 Å². The molecule has 12 heteroatoms. The molecule has 0 saturated carbocycles. The molecule has 0 spiro atoms. The number of hydrogen-bond acceptors (Lipinski definition) is 10. The van der Waals surface area contributed by atoms with Crippen LogP contribution in [0.25, 0.3) is 0 Å². The van der Waals surface area contributed by atoms with Crippen molar-refractivity contribution in [1.29, 1.82) is 0 Å². The normalized spacial score (nSPS) is 13.8. The summed E-state index contributed by atoms with van der Waals surface area (Å²) in [5, 5.41) is 19.2. The Bertz CT molecular complexity index is 947. The van der Waals surface area contributed by atoms with E-state index in [9.17, 15) is 0 Å². The van der Waals surface area contributed by atoms with Gasteiger partial charge < -0.3 is 29.4 Å². The minimum Gasteiger partial charge on any atom is -0.378 e. The lowest BCUT2D eigenvalue weighted by atomic mass is 9.91. The summed E-state index contributed by atoms with van der Waals surface area (Å²) < 4.78 is 30.8. The Morgan fingerprint density at radius 2 is 1.56 bits per heavy atom. The highest BCUT2D eigenvalue weighted by Gasteiger charge is 2.25. The van der Waals surface area contributed by atoms with Crippen LogP contribution in [-0.4, -0.2) is 94.9 Å². The van der Waals surface area contributed by atoms with Crippen LogP contribution in [0.4, 0.5) is 0 Å². The van der Waals surface area contributed by atoms with E-state index in [1.165, 1.54) is 0 Å². The number of hydrogen-bond donors (Lipinski definition) is 2. The van der Waals surface area contributed by atoms with Gasteiger partial charge in [-0.2, -0.15) is 15.4 Å². The third-order valence-electron chi connectivity index (χ3n) is 6.92. The topological polar surface area (TPSA) is 144 Å². The minimum atomic E-state index is -0.216. The molecule has 3 N–H and O–H groups in total. The van der Waals surface area contributed by atoms with Crippen molar-refractivity contribution in [3.05, 3.63) is 23.8 Å². The smallest absolute Gasteiger partial charge is 0.108 e. The Morgan fingerprint density at radius 1 is 0.902 bits per heavy atom. The molecule has 2 rings (SSSR count). The molecule has 12 nitrogen and oxygen atoms in total. The Kier molecular flexibility index (Phi) is 14.8. The molecule has 0 fully saturated rings. The van der Waals surface area contributed by atoms with Crippen LogP contribution in [0.15, 0.2) is 12.4 Å². The summed E-state index contributed by atoms with van der Waals surface area (Å²) >= 11 is 0. The minimum absolute atomic E-state index is 0.118. The van der Waals surface area contributed by atoms with E-state index in [1.54, 1.807) is 6.20 Å². The number of aromatic amines is 1. The zero-order valence-electron chi connectivity index (χ0n) is 26.6. The van der Waals surface area contributed by atoms with E-state index in [2.05, 4.69) is 81.1 Å². The average Bonchev–Trinajstić information content (AvgIpc) is 3.60. The lowest BCUT2D eigenvalue weighted by molar-refractivity contribution is -0.0369. The van der Waals surface area contributed by atoms with Gasteiger partial charge in [0.1, 0.15) is 5.69 Å². The van der Waals surface area contributed by atoms with Crippen molar-refractivity contribution in [3.63, 3.8) is 0 Å². The number of H-pyrrole nitrogens is 1. The SMILES string of the molecule is CC(C)CCC(C)(C)OCCC(C)(C)n1cc(COCCOCC(N)COCCOCC(C)(C)c2cn[nH]n2)nn1. The highest BCUT2D eigenvalue weighted by atomic mass is 16.5. The molecule has 0 amide bonds. The van der Waals surface area contributed by atoms with E-state index in [0.717, 1.165) is 30.7 Å². The fraction of sp³-hybridized carbons (Fsp3) is 0.862. The summed E-state index contributed by atoms with van der Waals surface area (Å²) in [7, 11) is 0. The van der Waals surface area contributed by atoms with Gasteiger partial charge in [0.05, 0.1) is 88.1 Å². The number of ether oxygens (including phenoxy) is 5. The van der Waals surface area contributed by atoms with Gasteiger partial charge >= 0.3 is 0 Å². The number of nitrogens with zero attached hydrogens (tertiary/aromatic N) is 5. The lowest BCUT2D eigenvalue weighted by Crippen LogP contribution is -2.32. The average molecular weight is 582 g/mol. The molecule has 1 atom stereocenters. The third-order valence-corrected chi connectivity index (χ3v) is 6.92. The first-order chi connectivity index (χ1) is 19.3. The lowest BCUT2D eigenvalue weighted by Gasteiger charge is -2.30. The zero-order chi connectivity index (χ0) is 30.4. The highest BCUT2D eigenvalue weighted by Crippen LogP contribution is 2.24. The summed E-state index contributed by atoms with van der Waals surface area (Å²) in [5.74, 6) is 0.682. The molecule has 2 heterocycles. The van der Waals surface area contributed by atoms with E-state index in [0.29, 0.717) is 65.4 Å². The van der Waals surface area contributed by atoms with Crippen molar-refractivity contribution >= 4 is 0 Å². The van der Waals surface area contributed by atoms with Crippen molar-refractivity contribution in [3.8, 4) is 0 Å². The van der Waals surface area contributed by atoms with Gasteiger partial charge in [-0.3, -0.25) is 0 Å². The second-order valence-electron chi connectivity index (χ2n) is 13.0. The summed E-state index contributed by atoms with van der Waals surface area (Å²) in [6, 6.07) is -0.214. The predicted octanol–water partition coefficient (Wildman–Crippen LogP) is 3.62. The van der Waals surface area contributed by atoms with Gasteiger partial charge in [0.25, 0.3) is 0 Å². The van der Waals surface area contributed by atoms with E-state index in [-0.39, 0.29) is 22.6 Å². The molecule has 1 unspecified atom stereocenters. The first-order valence-electron chi connectivity index (χ1n) is 14.8. The van der Waals surface area contributed by atoms with E-state index in [1.807, 2.05) is 10.9 Å². The van der Waals surface area contributed by atoms with Gasteiger partial charge in [0.2, 0.25) is 0 Å². The van der Waals surface area contributed by atoms with Crippen LogP contribution in [0.3, 0.4) is 0 Å². The first kappa shape index (κ1) is 35.2. The van der Waals surface area contributed by atoms with Crippen molar-refractivity contribution in [2.75, 3.05) is 52.9 Å². The number of nitrogens with one attached hydrogen (secondary N) is 1. The van der Waals surface area contributed by atoms with Crippen LogP contribution < -0.4 is 5.73 Å². The maximum atomic E-state index is 6.20. The number of aromatic nitrogens is 6. The fourth-order valence-electron chi connectivity index (χ4n) is 3.92. The summed E-state index contributed by atoms with van der Waals surface area (Å²) in [6.45, 7) is 21.4. The van der Waals surface area contributed by atoms with Crippen LogP contribution in [0.5, 0.6) is 0 Å². The van der Waals surface area contributed by atoms with Crippen molar-refractivity contribution in [1.82, 2.24) is 30.4 Å². The fourth-order valence-corrected chi connectivity index (χ4v) is 3.92. The Hall–Kier alpha value is -1.96. The van der Waals surface area contributed by atoms with Crippen molar-refractivity contribution in [2.45, 2.75) is 104 Å². The summed E-state index contributed by atoms with van der Waals surface area (Å²) in [6.07, 6.45) is 6.72. The largest absolute Gasteiger partial charge is 0.378 e. The van der Waals surface area contributed by atoms with E-state index in [4.69, 9.17) is 29.4 Å². The first-order valence-corrected chi connectivity index (χ1v) is 14.8. The van der Waals surface area contributed by atoms with Gasteiger partial charge in [-0.1, -0.05) is 32.9 Å². The molecule has 236 valence electrons. The number of rotatable bonds is 23. The van der Waals surface area contributed by atoms with Crippen LogP contribution >= 0.6 is 0 Å². The van der Waals surface area contributed by atoms with Crippen LogP contribution in [-0.2, 0) is 41.2 Å². The Labute approximate surface area is 246 Å². The second-order valence-corrected chi connectivity index (χ2v) is 13.0. The molecule has 0 aliphatic carbocycles. The van der Waals surface area contributed by atoms with Gasteiger partial charge in [0.15, 0.2) is 0 Å². The molecule has 0 aromatic carbocycles. The molecule has 0 aliphatic heterocycles. The molecule has 0 radical (unpaired) electrons. The maximum absolute atomic E-state index is 6.20. The Morgan fingerprint density at radius 3 is 2.20 bits per heavy atom. The van der Waals surface area contributed by atoms with Crippen molar-refractivity contribution < 1.29 is 23.7 Å². The summed E-state index contributed by atoms with van der Waals surface area (Å²) in [5.41, 5.74) is 7.19.